The van der Waals surface area contributed by atoms with Crippen molar-refractivity contribution < 1.29 is 4.79 Å². The van der Waals surface area contributed by atoms with Crippen molar-refractivity contribution in [1.29, 1.82) is 0 Å². The largest absolute Gasteiger partial charge is 0.381 e. The van der Waals surface area contributed by atoms with E-state index in [1.165, 1.54) is 10.1 Å². The van der Waals surface area contributed by atoms with Gasteiger partial charge < -0.3 is 11.1 Å². The smallest absolute Gasteiger partial charge is 0.249 e. The van der Waals surface area contributed by atoms with E-state index in [1.807, 2.05) is 24.3 Å². The first-order valence-electron chi connectivity index (χ1n) is 6.33. The van der Waals surface area contributed by atoms with Gasteiger partial charge in [-0.1, -0.05) is 18.2 Å². The number of hydrogen-bond acceptors (Lipinski definition) is 3. The molecule has 0 saturated carbocycles. The number of primary amides is 1. The van der Waals surface area contributed by atoms with Gasteiger partial charge in [-0.25, -0.2) is 0 Å². The van der Waals surface area contributed by atoms with E-state index in [1.54, 1.807) is 17.4 Å². The molecule has 3 N–H and O–H groups in total. The monoisotopic (exact) mass is 282 g/mol. The van der Waals surface area contributed by atoms with Gasteiger partial charge in [0.25, 0.3) is 0 Å². The molecule has 0 aliphatic rings. The summed E-state index contributed by atoms with van der Waals surface area (Å²) in [5, 5.41) is 6.64. The maximum absolute atomic E-state index is 11.4. The maximum Gasteiger partial charge on any atom is 0.249 e. The number of amides is 1. The summed E-state index contributed by atoms with van der Waals surface area (Å²) >= 11 is 1.73. The molecule has 3 aromatic rings. The SMILES string of the molecule is NC(=O)c1ccccc1CNc1ccc2sccc2c1. The molecule has 1 aromatic heterocycles. The summed E-state index contributed by atoms with van der Waals surface area (Å²) in [5.74, 6) is -0.393. The Kier molecular flexibility index (Phi) is 3.39. The second kappa shape index (κ2) is 5.35. The fourth-order valence-corrected chi connectivity index (χ4v) is 2.96. The van der Waals surface area contributed by atoms with Crippen molar-refractivity contribution in [2.24, 2.45) is 5.73 Å². The molecule has 3 nitrogen and oxygen atoms in total. The van der Waals surface area contributed by atoms with Crippen molar-refractivity contribution in [2.75, 3.05) is 5.32 Å². The van der Waals surface area contributed by atoms with E-state index in [9.17, 15) is 4.79 Å². The lowest BCUT2D eigenvalue weighted by atomic mass is 10.1. The van der Waals surface area contributed by atoms with Gasteiger partial charge in [0, 0.05) is 22.5 Å². The summed E-state index contributed by atoms with van der Waals surface area (Å²) < 4.78 is 1.27. The number of carbonyl (C=O) groups excluding carboxylic acids is 1. The van der Waals surface area contributed by atoms with Gasteiger partial charge >= 0.3 is 0 Å². The summed E-state index contributed by atoms with van der Waals surface area (Å²) in [4.78, 5) is 11.4. The van der Waals surface area contributed by atoms with E-state index < -0.39 is 5.91 Å². The van der Waals surface area contributed by atoms with Crippen molar-refractivity contribution in [3.05, 3.63) is 65.0 Å². The zero-order valence-electron chi connectivity index (χ0n) is 10.8. The van der Waals surface area contributed by atoms with Crippen LogP contribution in [0.25, 0.3) is 10.1 Å². The van der Waals surface area contributed by atoms with Crippen LogP contribution in [0.15, 0.2) is 53.9 Å². The van der Waals surface area contributed by atoms with Crippen molar-refractivity contribution in [1.82, 2.24) is 0 Å². The molecule has 0 unspecified atom stereocenters. The number of benzene rings is 2. The number of anilines is 1. The molecule has 1 heterocycles. The van der Waals surface area contributed by atoms with Gasteiger partial charge in [0.15, 0.2) is 0 Å². The van der Waals surface area contributed by atoms with Gasteiger partial charge in [0.05, 0.1) is 0 Å². The normalized spacial score (nSPS) is 10.6. The van der Waals surface area contributed by atoms with Gasteiger partial charge in [-0.15, -0.1) is 11.3 Å². The molecule has 0 fully saturated rings. The number of carbonyl (C=O) groups is 1. The highest BCUT2D eigenvalue weighted by Crippen LogP contribution is 2.24. The molecule has 0 atom stereocenters. The van der Waals surface area contributed by atoms with Gasteiger partial charge in [-0.05, 0) is 46.7 Å². The van der Waals surface area contributed by atoms with E-state index in [0.29, 0.717) is 12.1 Å². The second-order valence-electron chi connectivity index (χ2n) is 4.55. The van der Waals surface area contributed by atoms with Crippen LogP contribution in [0.5, 0.6) is 0 Å². The first-order chi connectivity index (χ1) is 9.74. The molecule has 100 valence electrons. The zero-order chi connectivity index (χ0) is 13.9. The molecule has 20 heavy (non-hydrogen) atoms. The second-order valence-corrected chi connectivity index (χ2v) is 5.50. The lowest BCUT2D eigenvalue weighted by Crippen LogP contribution is -2.15. The molecule has 0 spiro atoms. The Labute approximate surface area is 121 Å². The molecule has 0 radical (unpaired) electrons. The minimum absolute atomic E-state index is 0.393. The number of fused-ring (bicyclic) bond motifs is 1. The predicted molar refractivity (Wildman–Crippen MR) is 84.1 cm³/mol. The quantitative estimate of drug-likeness (QED) is 0.768. The highest BCUT2D eigenvalue weighted by molar-refractivity contribution is 7.17. The number of nitrogens with one attached hydrogen (secondary N) is 1. The Balaban J connectivity index is 1.80. The van der Waals surface area contributed by atoms with Crippen LogP contribution in [0.3, 0.4) is 0 Å². The van der Waals surface area contributed by atoms with Crippen molar-refractivity contribution in [3.8, 4) is 0 Å². The minimum atomic E-state index is -0.393. The van der Waals surface area contributed by atoms with Crippen LogP contribution in [0, 0.1) is 0 Å². The molecule has 2 aromatic carbocycles. The zero-order valence-corrected chi connectivity index (χ0v) is 11.6. The number of nitrogens with two attached hydrogens (primary N) is 1. The summed E-state index contributed by atoms with van der Waals surface area (Å²) in [7, 11) is 0. The lowest BCUT2D eigenvalue weighted by molar-refractivity contribution is 0.0999. The van der Waals surface area contributed by atoms with Crippen molar-refractivity contribution in [3.63, 3.8) is 0 Å². The number of hydrogen-bond donors (Lipinski definition) is 2. The molecule has 4 heteroatoms. The molecule has 0 aliphatic heterocycles. The van der Waals surface area contributed by atoms with Crippen LogP contribution in [0.2, 0.25) is 0 Å². The Morgan fingerprint density at radius 3 is 2.85 bits per heavy atom. The molecule has 3 rings (SSSR count). The van der Waals surface area contributed by atoms with Crippen LogP contribution < -0.4 is 11.1 Å². The maximum atomic E-state index is 11.4. The van der Waals surface area contributed by atoms with E-state index >= 15 is 0 Å². The van der Waals surface area contributed by atoms with Crippen LogP contribution >= 0.6 is 11.3 Å². The highest BCUT2D eigenvalue weighted by Gasteiger charge is 2.06. The van der Waals surface area contributed by atoms with Gasteiger partial charge in [0.2, 0.25) is 5.91 Å². The average molecular weight is 282 g/mol. The standard InChI is InChI=1S/C16H14N2OS/c17-16(19)14-4-2-1-3-12(14)10-18-13-5-6-15-11(9-13)7-8-20-15/h1-9,18H,10H2,(H2,17,19). The molecule has 1 amide bonds. The third-order valence-electron chi connectivity index (χ3n) is 3.22. The fraction of sp³-hybridized carbons (Fsp3) is 0.0625. The van der Waals surface area contributed by atoms with E-state index in [-0.39, 0.29) is 0 Å². The van der Waals surface area contributed by atoms with Gasteiger partial charge in [-0.3, -0.25) is 4.79 Å². The topological polar surface area (TPSA) is 55.1 Å². The van der Waals surface area contributed by atoms with Crippen LogP contribution in [-0.2, 0) is 6.54 Å². The Hall–Kier alpha value is -2.33. The minimum Gasteiger partial charge on any atom is -0.381 e. The lowest BCUT2D eigenvalue weighted by Gasteiger charge is -2.09. The van der Waals surface area contributed by atoms with Gasteiger partial charge in [-0.2, -0.15) is 0 Å². The summed E-state index contributed by atoms with van der Waals surface area (Å²) in [5.41, 5.74) is 7.89. The van der Waals surface area contributed by atoms with E-state index in [2.05, 4.69) is 28.9 Å². The Morgan fingerprint density at radius 1 is 1.15 bits per heavy atom. The third kappa shape index (κ3) is 2.51. The summed E-state index contributed by atoms with van der Waals surface area (Å²) in [6.45, 7) is 0.578. The number of thiophene rings is 1. The first kappa shape index (κ1) is 12.7. The predicted octanol–water partition coefficient (Wildman–Crippen LogP) is 3.61. The summed E-state index contributed by atoms with van der Waals surface area (Å²) in [6, 6.07) is 15.7. The molecular weight excluding hydrogens is 268 g/mol. The fourth-order valence-electron chi connectivity index (χ4n) is 2.19. The van der Waals surface area contributed by atoms with Crippen molar-refractivity contribution >= 4 is 33.0 Å². The molecule has 0 aliphatic carbocycles. The first-order valence-corrected chi connectivity index (χ1v) is 7.21. The Morgan fingerprint density at radius 2 is 2.00 bits per heavy atom. The van der Waals surface area contributed by atoms with Crippen LogP contribution in [0.4, 0.5) is 5.69 Å². The third-order valence-corrected chi connectivity index (χ3v) is 4.12. The van der Waals surface area contributed by atoms with Crippen molar-refractivity contribution in [2.45, 2.75) is 6.54 Å². The highest BCUT2D eigenvalue weighted by atomic mass is 32.1. The molecule has 0 saturated heterocycles. The number of rotatable bonds is 4. The van der Waals surface area contributed by atoms with E-state index in [4.69, 9.17) is 5.73 Å². The van der Waals surface area contributed by atoms with Crippen LogP contribution in [0.1, 0.15) is 15.9 Å². The molecular formula is C16H14N2OS. The summed E-state index contributed by atoms with van der Waals surface area (Å²) in [6.07, 6.45) is 0. The van der Waals surface area contributed by atoms with E-state index in [0.717, 1.165) is 11.3 Å². The molecule has 0 bridgehead atoms. The van der Waals surface area contributed by atoms with Crippen LogP contribution in [-0.4, -0.2) is 5.91 Å². The van der Waals surface area contributed by atoms with Gasteiger partial charge in [0.1, 0.15) is 0 Å². The Bertz CT molecular complexity index is 764. The average Bonchev–Trinajstić information content (AvgIpc) is 2.92.